The van der Waals surface area contributed by atoms with Crippen LogP contribution in [0.3, 0.4) is 0 Å². The smallest absolute Gasteiger partial charge is 0.277 e. The molecule has 4 nitrogen and oxygen atoms in total. The molecule has 0 aliphatic heterocycles. The maximum Gasteiger partial charge on any atom is 0.277 e. The summed E-state index contributed by atoms with van der Waals surface area (Å²) in [5, 5.41) is 11.1. The monoisotopic (exact) mass is 269 g/mol. The molecule has 2 aromatic carbocycles. The zero-order valence-electron chi connectivity index (χ0n) is 11.2. The van der Waals surface area contributed by atoms with Crippen LogP contribution in [-0.4, -0.2) is 11.2 Å². The van der Waals surface area contributed by atoms with Crippen LogP contribution in [0.1, 0.15) is 29.3 Å². The number of carbonyl (C=O) groups excluding carboxylic acids is 1. The van der Waals surface area contributed by atoms with Crippen LogP contribution in [0.5, 0.6) is 0 Å². The van der Waals surface area contributed by atoms with Crippen molar-refractivity contribution in [3.63, 3.8) is 0 Å². The van der Waals surface area contributed by atoms with Gasteiger partial charge in [-0.15, -0.1) is 0 Å². The summed E-state index contributed by atoms with van der Waals surface area (Å²) in [5.41, 5.74) is 2.79. The average Bonchev–Trinajstić information content (AvgIpc) is 2.48. The Bertz CT molecular complexity index is 633. The van der Waals surface area contributed by atoms with Gasteiger partial charge in [-0.2, -0.15) is 0 Å². The Morgan fingerprint density at radius 2 is 1.85 bits per heavy atom. The number of nitro benzene ring substituents is 1. The third kappa shape index (κ3) is 2.91. The lowest BCUT2D eigenvalue weighted by atomic mass is 9.99. The molecule has 0 unspecified atom stereocenters. The highest BCUT2D eigenvalue weighted by Crippen LogP contribution is 2.30. The van der Waals surface area contributed by atoms with Crippen LogP contribution < -0.4 is 0 Å². The predicted octanol–water partition coefficient (Wildman–Crippen LogP) is 4.03. The van der Waals surface area contributed by atoms with Crippen LogP contribution in [-0.2, 0) is 6.42 Å². The highest BCUT2D eigenvalue weighted by Gasteiger charge is 2.15. The first-order valence-corrected chi connectivity index (χ1v) is 6.48. The van der Waals surface area contributed by atoms with Crippen LogP contribution in [0.15, 0.2) is 42.5 Å². The van der Waals surface area contributed by atoms with Crippen LogP contribution >= 0.6 is 0 Å². The van der Waals surface area contributed by atoms with Gasteiger partial charge in [0, 0.05) is 11.6 Å². The van der Waals surface area contributed by atoms with Crippen molar-refractivity contribution < 1.29 is 9.72 Å². The molecule has 0 heterocycles. The molecular formula is C16H15NO3. The normalized spacial score (nSPS) is 10.2. The first-order chi connectivity index (χ1) is 9.65. The molecule has 0 saturated carbocycles. The van der Waals surface area contributed by atoms with E-state index < -0.39 is 4.92 Å². The third-order valence-corrected chi connectivity index (χ3v) is 3.16. The average molecular weight is 269 g/mol. The SMILES string of the molecule is CCCc1ccc(-c2ccc(C=O)cc2[N+](=O)[O-])cc1. The van der Waals surface area contributed by atoms with E-state index in [9.17, 15) is 14.9 Å². The Hall–Kier alpha value is -2.49. The summed E-state index contributed by atoms with van der Waals surface area (Å²) in [4.78, 5) is 21.4. The van der Waals surface area contributed by atoms with E-state index in [-0.39, 0.29) is 5.69 Å². The van der Waals surface area contributed by atoms with E-state index in [0.29, 0.717) is 17.4 Å². The molecule has 0 aromatic heterocycles. The minimum Gasteiger partial charge on any atom is -0.298 e. The van der Waals surface area contributed by atoms with Gasteiger partial charge in [0.2, 0.25) is 0 Å². The predicted molar refractivity (Wildman–Crippen MR) is 77.9 cm³/mol. The van der Waals surface area contributed by atoms with E-state index in [0.717, 1.165) is 18.4 Å². The number of hydrogen-bond acceptors (Lipinski definition) is 3. The topological polar surface area (TPSA) is 60.2 Å². The van der Waals surface area contributed by atoms with Crippen molar-refractivity contribution in [2.24, 2.45) is 0 Å². The Morgan fingerprint density at radius 3 is 2.40 bits per heavy atom. The summed E-state index contributed by atoms with van der Waals surface area (Å²) in [6.07, 6.45) is 2.67. The Balaban J connectivity index is 2.45. The Kier molecular flexibility index (Phi) is 4.25. The van der Waals surface area contributed by atoms with Crippen molar-refractivity contribution in [1.29, 1.82) is 0 Å². The van der Waals surface area contributed by atoms with Gasteiger partial charge in [0.25, 0.3) is 5.69 Å². The second-order valence-electron chi connectivity index (χ2n) is 4.60. The van der Waals surface area contributed by atoms with E-state index in [1.54, 1.807) is 12.1 Å². The number of nitrogens with zero attached hydrogens (tertiary/aromatic N) is 1. The van der Waals surface area contributed by atoms with Gasteiger partial charge in [-0.05, 0) is 23.6 Å². The van der Waals surface area contributed by atoms with Gasteiger partial charge in [-0.25, -0.2) is 0 Å². The zero-order chi connectivity index (χ0) is 14.5. The second kappa shape index (κ2) is 6.10. The number of nitro groups is 1. The molecule has 0 aliphatic rings. The lowest BCUT2D eigenvalue weighted by molar-refractivity contribution is -0.384. The minimum atomic E-state index is -0.456. The van der Waals surface area contributed by atoms with Gasteiger partial charge in [-0.1, -0.05) is 43.7 Å². The maximum atomic E-state index is 11.1. The van der Waals surface area contributed by atoms with Crippen molar-refractivity contribution in [1.82, 2.24) is 0 Å². The molecule has 0 spiro atoms. The van der Waals surface area contributed by atoms with E-state index in [2.05, 4.69) is 6.92 Å². The van der Waals surface area contributed by atoms with E-state index in [1.165, 1.54) is 11.6 Å². The first-order valence-electron chi connectivity index (χ1n) is 6.48. The van der Waals surface area contributed by atoms with Gasteiger partial charge >= 0.3 is 0 Å². The van der Waals surface area contributed by atoms with Crippen molar-refractivity contribution in [3.8, 4) is 11.1 Å². The number of carbonyl (C=O) groups is 1. The maximum absolute atomic E-state index is 11.1. The molecule has 20 heavy (non-hydrogen) atoms. The number of aldehydes is 1. The molecule has 0 aliphatic carbocycles. The first kappa shape index (κ1) is 13.9. The number of hydrogen-bond donors (Lipinski definition) is 0. The van der Waals surface area contributed by atoms with Gasteiger partial charge < -0.3 is 0 Å². The molecule has 0 saturated heterocycles. The van der Waals surface area contributed by atoms with Crippen molar-refractivity contribution in [2.75, 3.05) is 0 Å². The molecule has 2 aromatic rings. The van der Waals surface area contributed by atoms with Gasteiger partial charge in [0.15, 0.2) is 0 Å². The fourth-order valence-corrected chi connectivity index (χ4v) is 2.16. The highest BCUT2D eigenvalue weighted by molar-refractivity contribution is 5.82. The number of rotatable bonds is 5. The molecule has 0 bridgehead atoms. The molecule has 102 valence electrons. The van der Waals surface area contributed by atoms with Crippen molar-refractivity contribution in [2.45, 2.75) is 19.8 Å². The highest BCUT2D eigenvalue weighted by atomic mass is 16.6. The van der Waals surface area contributed by atoms with Gasteiger partial charge in [0.05, 0.1) is 10.5 Å². The summed E-state index contributed by atoms with van der Waals surface area (Å²) in [6.45, 7) is 2.11. The third-order valence-electron chi connectivity index (χ3n) is 3.16. The van der Waals surface area contributed by atoms with E-state index >= 15 is 0 Å². The van der Waals surface area contributed by atoms with Crippen LogP contribution in [0.25, 0.3) is 11.1 Å². The Morgan fingerprint density at radius 1 is 1.15 bits per heavy atom. The molecule has 0 amide bonds. The van der Waals surface area contributed by atoms with Crippen LogP contribution in [0.2, 0.25) is 0 Å². The standard InChI is InChI=1S/C16H15NO3/c1-2-3-12-4-7-14(8-5-12)15-9-6-13(11-18)10-16(15)17(19)20/h4-11H,2-3H2,1H3. The molecule has 0 atom stereocenters. The minimum absolute atomic E-state index is 0.0437. The van der Waals surface area contributed by atoms with Crippen LogP contribution in [0, 0.1) is 10.1 Å². The van der Waals surface area contributed by atoms with E-state index in [1.807, 2.05) is 24.3 Å². The number of benzene rings is 2. The molecule has 0 radical (unpaired) electrons. The molecule has 4 heteroatoms. The Labute approximate surface area is 117 Å². The summed E-state index contributed by atoms with van der Waals surface area (Å²) in [7, 11) is 0. The van der Waals surface area contributed by atoms with Gasteiger partial charge in [0.1, 0.15) is 6.29 Å². The molecule has 0 fully saturated rings. The summed E-state index contributed by atoms with van der Waals surface area (Å²) in [5.74, 6) is 0. The number of aryl methyl sites for hydroxylation is 1. The molecule has 0 N–H and O–H groups in total. The quantitative estimate of drug-likeness (QED) is 0.468. The summed E-state index contributed by atoms with van der Waals surface area (Å²) >= 11 is 0. The second-order valence-corrected chi connectivity index (χ2v) is 4.60. The van der Waals surface area contributed by atoms with Crippen LogP contribution in [0.4, 0.5) is 5.69 Å². The van der Waals surface area contributed by atoms with E-state index in [4.69, 9.17) is 0 Å². The lowest BCUT2D eigenvalue weighted by Crippen LogP contribution is -1.94. The fourth-order valence-electron chi connectivity index (χ4n) is 2.16. The zero-order valence-corrected chi connectivity index (χ0v) is 11.2. The molecular weight excluding hydrogens is 254 g/mol. The van der Waals surface area contributed by atoms with Gasteiger partial charge in [-0.3, -0.25) is 14.9 Å². The summed E-state index contributed by atoms with van der Waals surface area (Å²) < 4.78 is 0. The summed E-state index contributed by atoms with van der Waals surface area (Å²) in [6, 6.07) is 12.3. The fraction of sp³-hybridized carbons (Fsp3) is 0.188. The largest absolute Gasteiger partial charge is 0.298 e. The lowest BCUT2D eigenvalue weighted by Gasteiger charge is -2.05. The van der Waals surface area contributed by atoms with Crippen molar-refractivity contribution >= 4 is 12.0 Å². The van der Waals surface area contributed by atoms with Crippen molar-refractivity contribution in [3.05, 3.63) is 63.7 Å². The molecule has 2 rings (SSSR count).